The van der Waals surface area contributed by atoms with Gasteiger partial charge in [0.15, 0.2) is 0 Å². The maximum absolute atomic E-state index is 12.7. The number of rotatable bonds is 6. The molecule has 7 nitrogen and oxygen atoms in total. The lowest BCUT2D eigenvalue weighted by molar-refractivity contribution is 0.106. The zero-order chi connectivity index (χ0) is 16.3. The maximum Gasteiger partial charge on any atom is 0.214 e. The average molecular weight is 342 g/mol. The molecule has 0 spiro atoms. The second kappa shape index (κ2) is 7.29. The first-order valence-corrected chi connectivity index (χ1v) is 10.0. The van der Waals surface area contributed by atoms with E-state index in [0.717, 1.165) is 38.4 Å². The van der Waals surface area contributed by atoms with Crippen LogP contribution in [0.2, 0.25) is 0 Å². The summed E-state index contributed by atoms with van der Waals surface area (Å²) in [6, 6.07) is 0.00116. The standard InChI is InChI=1S/C15H26N4O3S/c1-2-18-8-9-19(12-14(18)15-16-6-7-17-15)23(20,21)11-5-13-4-3-10-22-13/h6-7,13-14H,2-5,8-12H2,1H3,(H,16,17)/t13-,14+/m0/s1. The number of nitrogens with zero attached hydrogens (tertiary/aromatic N) is 3. The molecule has 0 bridgehead atoms. The summed E-state index contributed by atoms with van der Waals surface area (Å²) < 4.78 is 32.5. The second-order valence-corrected chi connectivity index (χ2v) is 8.31. The van der Waals surface area contributed by atoms with Gasteiger partial charge in [-0.25, -0.2) is 13.4 Å². The molecule has 2 atom stereocenters. The lowest BCUT2D eigenvalue weighted by atomic mass is 10.2. The van der Waals surface area contributed by atoms with Gasteiger partial charge in [0.1, 0.15) is 5.82 Å². The van der Waals surface area contributed by atoms with E-state index in [0.29, 0.717) is 19.5 Å². The molecule has 0 saturated carbocycles. The Balaban J connectivity index is 1.64. The van der Waals surface area contributed by atoms with Gasteiger partial charge in [0.2, 0.25) is 10.0 Å². The summed E-state index contributed by atoms with van der Waals surface area (Å²) in [6.45, 7) is 5.50. The van der Waals surface area contributed by atoms with Gasteiger partial charge in [0, 0.05) is 38.6 Å². The number of sulfonamides is 1. The SMILES string of the molecule is CCN1CCN(S(=O)(=O)CC[C@@H]2CCCO2)C[C@@H]1c1ncc[nH]1. The highest BCUT2D eigenvalue weighted by Gasteiger charge is 2.35. The molecule has 0 unspecified atom stereocenters. The minimum atomic E-state index is -3.24. The number of H-pyrrole nitrogens is 1. The van der Waals surface area contributed by atoms with E-state index in [1.807, 2.05) is 0 Å². The molecule has 1 N–H and O–H groups in total. The summed E-state index contributed by atoms with van der Waals surface area (Å²) in [7, 11) is -3.24. The summed E-state index contributed by atoms with van der Waals surface area (Å²) in [4.78, 5) is 9.72. The van der Waals surface area contributed by atoms with Crippen LogP contribution in [0.5, 0.6) is 0 Å². The molecule has 8 heteroatoms. The van der Waals surface area contributed by atoms with Gasteiger partial charge in [-0.2, -0.15) is 4.31 Å². The van der Waals surface area contributed by atoms with Crippen LogP contribution in [0.15, 0.2) is 12.4 Å². The Labute approximate surface area is 138 Å². The molecule has 3 rings (SSSR count). The lowest BCUT2D eigenvalue weighted by Gasteiger charge is -2.39. The molecule has 0 amide bonds. The Morgan fingerprint density at radius 3 is 2.96 bits per heavy atom. The highest BCUT2D eigenvalue weighted by atomic mass is 32.2. The Morgan fingerprint density at radius 2 is 2.30 bits per heavy atom. The van der Waals surface area contributed by atoms with Crippen LogP contribution in [-0.4, -0.2) is 72.2 Å². The summed E-state index contributed by atoms with van der Waals surface area (Å²) in [6.07, 6.45) is 6.24. The largest absolute Gasteiger partial charge is 0.378 e. The van der Waals surface area contributed by atoms with Crippen molar-refractivity contribution < 1.29 is 13.2 Å². The smallest absolute Gasteiger partial charge is 0.214 e. The molecule has 3 heterocycles. The van der Waals surface area contributed by atoms with Gasteiger partial charge in [-0.1, -0.05) is 6.92 Å². The predicted molar refractivity (Wildman–Crippen MR) is 87.5 cm³/mol. The van der Waals surface area contributed by atoms with E-state index < -0.39 is 10.0 Å². The normalized spacial score (nSPS) is 27.5. The lowest BCUT2D eigenvalue weighted by Crippen LogP contribution is -2.51. The van der Waals surface area contributed by atoms with Gasteiger partial charge in [0.25, 0.3) is 0 Å². The average Bonchev–Trinajstić information content (AvgIpc) is 3.25. The van der Waals surface area contributed by atoms with Gasteiger partial charge >= 0.3 is 0 Å². The van der Waals surface area contributed by atoms with Gasteiger partial charge in [-0.3, -0.25) is 4.90 Å². The van der Waals surface area contributed by atoms with E-state index in [1.165, 1.54) is 0 Å². The van der Waals surface area contributed by atoms with E-state index >= 15 is 0 Å². The number of piperazine rings is 1. The van der Waals surface area contributed by atoms with Crippen molar-refractivity contribution in [2.75, 3.05) is 38.5 Å². The number of imidazole rings is 1. The second-order valence-electron chi connectivity index (χ2n) is 6.22. The van der Waals surface area contributed by atoms with Crippen LogP contribution >= 0.6 is 0 Å². The zero-order valence-corrected chi connectivity index (χ0v) is 14.5. The molecule has 1 aromatic heterocycles. The van der Waals surface area contributed by atoms with E-state index in [2.05, 4.69) is 21.8 Å². The predicted octanol–water partition coefficient (Wildman–Crippen LogP) is 0.987. The molecule has 2 saturated heterocycles. The summed E-state index contributed by atoms with van der Waals surface area (Å²) in [5.41, 5.74) is 0. The van der Waals surface area contributed by atoms with Crippen molar-refractivity contribution >= 4 is 10.0 Å². The summed E-state index contributed by atoms with van der Waals surface area (Å²) in [5.74, 6) is 1.01. The number of aromatic amines is 1. The van der Waals surface area contributed by atoms with Crippen LogP contribution in [-0.2, 0) is 14.8 Å². The number of ether oxygens (including phenoxy) is 1. The molecule has 1 aromatic rings. The van der Waals surface area contributed by atoms with Crippen molar-refractivity contribution in [3.05, 3.63) is 18.2 Å². The molecule has 130 valence electrons. The van der Waals surface area contributed by atoms with Gasteiger partial charge in [-0.05, 0) is 25.8 Å². The molecule has 2 aliphatic heterocycles. The van der Waals surface area contributed by atoms with Crippen molar-refractivity contribution in [3.63, 3.8) is 0 Å². The van der Waals surface area contributed by atoms with Crippen molar-refractivity contribution in [3.8, 4) is 0 Å². The number of aromatic nitrogens is 2. The van der Waals surface area contributed by atoms with Crippen LogP contribution in [0.4, 0.5) is 0 Å². The Morgan fingerprint density at radius 1 is 1.43 bits per heavy atom. The Kier molecular flexibility index (Phi) is 5.35. The van der Waals surface area contributed by atoms with E-state index in [1.54, 1.807) is 16.7 Å². The fourth-order valence-electron chi connectivity index (χ4n) is 3.43. The number of hydrogen-bond donors (Lipinski definition) is 1. The van der Waals surface area contributed by atoms with Crippen LogP contribution in [0.1, 0.15) is 38.1 Å². The number of likely N-dealkylation sites (N-methyl/N-ethyl adjacent to an activating group) is 1. The van der Waals surface area contributed by atoms with Crippen LogP contribution in [0.3, 0.4) is 0 Å². The van der Waals surface area contributed by atoms with E-state index in [9.17, 15) is 8.42 Å². The number of hydrogen-bond acceptors (Lipinski definition) is 5. The third kappa shape index (κ3) is 3.93. The highest BCUT2D eigenvalue weighted by Crippen LogP contribution is 2.25. The minimum Gasteiger partial charge on any atom is -0.378 e. The Hall–Kier alpha value is -0.960. The topological polar surface area (TPSA) is 78.5 Å². The minimum absolute atomic E-state index is 0.00116. The first-order valence-electron chi connectivity index (χ1n) is 8.43. The summed E-state index contributed by atoms with van der Waals surface area (Å²) in [5, 5.41) is 0. The highest BCUT2D eigenvalue weighted by molar-refractivity contribution is 7.89. The van der Waals surface area contributed by atoms with Crippen LogP contribution < -0.4 is 0 Å². The molecule has 0 aliphatic carbocycles. The van der Waals surface area contributed by atoms with Crippen molar-refractivity contribution in [2.45, 2.75) is 38.3 Å². The van der Waals surface area contributed by atoms with Gasteiger partial charge in [-0.15, -0.1) is 0 Å². The van der Waals surface area contributed by atoms with Gasteiger partial charge < -0.3 is 9.72 Å². The Bertz CT molecular complexity index is 584. The third-order valence-corrected chi connectivity index (χ3v) is 6.68. The van der Waals surface area contributed by atoms with Crippen molar-refractivity contribution in [2.24, 2.45) is 0 Å². The molecule has 0 radical (unpaired) electrons. The fourth-order valence-corrected chi connectivity index (χ4v) is 4.97. The molecule has 2 fully saturated rings. The quantitative estimate of drug-likeness (QED) is 0.834. The monoisotopic (exact) mass is 342 g/mol. The fraction of sp³-hybridized carbons (Fsp3) is 0.800. The molecular weight excluding hydrogens is 316 g/mol. The van der Waals surface area contributed by atoms with Crippen molar-refractivity contribution in [1.29, 1.82) is 0 Å². The van der Waals surface area contributed by atoms with Gasteiger partial charge in [0.05, 0.1) is 17.9 Å². The zero-order valence-electron chi connectivity index (χ0n) is 13.6. The molecule has 0 aromatic carbocycles. The van der Waals surface area contributed by atoms with Crippen LogP contribution in [0.25, 0.3) is 0 Å². The molecular formula is C15H26N4O3S. The first kappa shape index (κ1) is 16.9. The summed E-state index contributed by atoms with van der Waals surface area (Å²) >= 11 is 0. The van der Waals surface area contributed by atoms with E-state index in [-0.39, 0.29) is 17.9 Å². The third-order valence-electron chi connectivity index (χ3n) is 4.81. The number of nitrogens with one attached hydrogen (secondary N) is 1. The molecule has 2 aliphatic rings. The molecule has 23 heavy (non-hydrogen) atoms. The van der Waals surface area contributed by atoms with E-state index in [4.69, 9.17) is 4.74 Å². The van der Waals surface area contributed by atoms with Crippen LogP contribution in [0, 0.1) is 0 Å². The van der Waals surface area contributed by atoms with Crippen molar-refractivity contribution in [1.82, 2.24) is 19.2 Å². The first-order chi connectivity index (χ1) is 11.1. The maximum atomic E-state index is 12.7.